The predicted molar refractivity (Wildman–Crippen MR) is 55.8 cm³/mol. The van der Waals surface area contributed by atoms with Crippen molar-refractivity contribution in [1.82, 2.24) is 14.7 Å². The van der Waals surface area contributed by atoms with E-state index in [2.05, 4.69) is 16.2 Å². The molecule has 0 aliphatic carbocycles. The minimum Gasteiger partial charge on any atom is -0.329 e. The number of likely N-dealkylation sites (tertiary alicyclic amines) is 1. The molecule has 4 nitrogen and oxygen atoms in total. The van der Waals surface area contributed by atoms with Crippen LogP contribution in [0.4, 0.5) is 0 Å². The fourth-order valence-corrected chi connectivity index (χ4v) is 1.94. The van der Waals surface area contributed by atoms with Gasteiger partial charge in [0.25, 0.3) is 0 Å². The smallest absolute Gasteiger partial charge is 0.0534 e. The first kappa shape index (κ1) is 9.68. The Morgan fingerprint density at radius 1 is 1.36 bits per heavy atom. The number of nitrogens with two attached hydrogens (primary N) is 1. The van der Waals surface area contributed by atoms with Gasteiger partial charge in [0.2, 0.25) is 0 Å². The van der Waals surface area contributed by atoms with Crippen LogP contribution in [0.2, 0.25) is 0 Å². The second-order valence-electron chi connectivity index (χ2n) is 3.88. The lowest BCUT2D eigenvalue weighted by Gasteiger charge is -2.12. The third kappa shape index (κ3) is 2.33. The highest BCUT2D eigenvalue weighted by atomic mass is 15.3. The van der Waals surface area contributed by atoms with Gasteiger partial charge in [0.05, 0.1) is 12.7 Å². The zero-order valence-corrected chi connectivity index (χ0v) is 8.52. The molecule has 1 saturated heterocycles. The van der Waals surface area contributed by atoms with E-state index in [1.165, 1.54) is 31.5 Å². The van der Waals surface area contributed by atoms with Crippen LogP contribution in [0.5, 0.6) is 0 Å². The van der Waals surface area contributed by atoms with Crippen LogP contribution in [0, 0.1) is 0 Å². The molecule has 2 N–H and O–H groups in total. The Hall–Kier alpha value is -0.870. The van der Waals surface area contributed by atoms with E-state index in [1.54, 1.807) is 0 Å². The van der Waals surface area contributed by atoms with Gasteiger partial charge in [-0.05, 0) is 25.9 Å². The Balaban J connectivity index is 1.88. The van der Waals surface area contributed by atoms with Crippen molar-refractivity contribution in [2.24, 2.45) is 5.73 Å². The van der Waals surface area contributed by atoms with Crippen molar-refractivity contribution in [3.63, 3.8) is 0 Å². The van der Waals surface area contributed by atoms with Crippen LogP contribution in [0.1, 0.15) is 18.4 Å². The highest BCUT2D eigenvalue weighted by molar-refractivity contribution is 5.03. The number of rotatable bonds is 4. The maximum absolute atomic E-state index is 5.46. The summed E-state index contributed by atoms with van der Waals surface area (Å²) < 4.78 is 1.92. The van der Waals surface area contributed by atoms with Crippen LogP contribution in [0.3, 0.4) is 0 Å². The summed E-state index contributed by atoms with van der Waals surface area (Å²) in [6.45, 7) is 5.00. The minimum atomic E-state index is 0.658. The van der Waals surface area contributed by atoms with Crippen molar-refractivity contribution in [3.05, 3.63) is 18.0 Å². The van der Waals surface area contributed by atoms with Crippen molar-refractivity contribution in [3.8, 4) is 0 Å². The summed E-state index contributed by atoms with van der Waals surface area (Å²) in [7, 11) is 0. The molecule has 0 aromatic carbocycles. The van der Waals surface area contributed by atoms with Gasteiger partial charge in [-0.15, -0.1) is 0 Å². The van der Waals surface area contributed by atoms with E-state index in [-0.39, 0.29) is 0 Å². The molecule has 1 aliphatic rings. The molecule has 1 aromatic heterocycles. The maximum Gasteiger partial charge on any atom is 0.0534 e. The Bertz CT molecular complexity index is 275. The van der Waals surface area contributed by atoms with Crippen molar-refractivity contribution in [2.45, 2.75) is 25.9 Å². The molecule has 2 rings (SSSR count). The van der Waals surface area contributed by atoms with E-state index in [1.807, 2.05) is 10.9 Å². The summed E-state index contributed by atoms with van der Waals surface area (Å²) in [5.74, 6) is 0. The average molecular weight is 194 g/mol. The summed E-state index contributed by atoms with van der Waals surface area (Å²) in [6, 6.07) is 0. The molecule has 1 aliphatic heterocycles. The summed E-state index contributed by atoms with van der Waals surface area (Å²) in [5.41, 5.74) is 6.77. The molecule has 0 saturated carbocycles. The zero-order chi connectivity index (χ0) is 9.80. The fourth-order valence-electron chi connectivity index (χ4n) is 1.94. The van der Waals surface area contributed by atoms with Gasteiger partial charge in [0.15, 0.2) is 0 Å². The zero-order valence-electron chi connectivity index (χ0n) is 8.52. The van der Waals surface area contributed by atoms with Gasteiger partial charge in [-0.25, -0.2) is 0 Å². The standard InChI is InChI=1S/C10H18N4/c11-3-6-14-9-10(7-12-14)8-13-4-1-2-5-13/h7,9H,1-6,8,11H2. The topological polar surface area (TPSA) is 47.1 Å². The van der Waals surface area contributed by atoms with Gasteiger partial charge in [0.1, 0.15) is 0 Å². The highest BCUT2D eigenvalue weighted by Gasteiger charge is 2.12. The molecule has 0 bridgehead atoms. The normalized spacial score (nSPS) is 17.8. The Morgan fingerprint density at radius 2 is 2.14 bits per heavy atom. The third-order valence-electron chi connectivity index (χ3n) is 2.65. The first-order valence-corrected chi connectivity index (χ1v) is 5.32. The molecule has 0 amide bonds. The lowest BCUT2D eigenvalue weighted by atomic mass is 10.3. The highest BCUT2D eigenvalue weighted by Crippen LogP contribution is 2.11. The maximum atomic E-state index is 5.46. The van der Waals surface area contributed by atoms with Gasteiger partial charge in [0, 0.05) is 24.8 Å². The van der Waals surface area contributed by atoms with Gasteiger partial charge in [-0.2, -0.15) is 5.10 Å². The summed E-state index contributed by atoms with van der Waals surface area (Å²) in [6.07, 6.45) is 6.74. The molecule has 14 heavy (non-hydrogen) atoms. The second kappa shape index (κ2) is 4.57. The molecule has 1 aromatic rings. The van der Waals surface area contributed by atoms with Crippen molar-refractivity contribution >= 4 is 0 Å². The molecule has 4 heteroatoms. The Labute approximate surface area is 84.7 Å². The summed E-state index contributed by atoms with van der Waals surface area (Å²) >= 11 is 0. The van der Waals surface area contributed by atoms with E-state index >= 15 is 0 Å². The second-order valence-corrected chi connectivity index (χ2v) is 3.88. The van der Waals surface area contributed by atoms with Gasteiger partial charge in [-0.1, -0.05) is 0 Å². The fraction of sp³-hybridized carbons (Fsp3) is 0.700. The van der Waals surface area contributed by atoms with Crippen LogP contribution < -0.4 is 5.73 Å². The molecule has 1 fully saturated rings. The molecule has 0 spiro atoms. The predicted octanol–water partition coefficient (Wildman–Crippen LogP) is 0.438. The molecule has 78 valence electrons. The van der Waals surface area contributed by atoms with Crippen molar-refractivity contribution in [1.29, 1.82) is 0 Å². The van der Waals surface area contributed by atoms with Gasteiger partial charge < -0.3 is 5.73 Å². The summed E-state index contributed by atoms with van der Waals surface area (Å²) in [5, 5.41) is 4.26. The lowest BCUT2D eigenvalue weighted by Crippen LogP contribution is -2.18. The quantitative estimate of drug-likeness (QED) is 0.756. The average Bonchev–Trinajstić information content (AvgIpc) is 2.79. The van der Waals surface area contributed by atoms with Crippen LogP contribution in [-0.2, 0) is 13.1 Å². The van der Waals surface area contributed by atoms with Crippen molar-refractivity contribution in [2.75, 3.05) is 19.6 Å². The molecule has 0 radical (unpaired) electrons. The van der Waals surface area contributed by atoms with Gasteiger partial charge >= 0.3 is 0 Å². The van der Waals surface area contributed by atoms with Gasteiger partial charge in [-0.3, -0.25) is 9.58 Å². The molecular weight excluding hydrogens is 176 g/mol. The summed E-state index contributed by atoms with van der Waals surface area (Å²) in [4.78, 5) is 2.48. The van der Waals surface area contributed by atoms with E-state index in [4.69, 9.17) is 5.73 Å². The molecule has 0 atom stereocenters. The Kier molecular flexibility index (Phi) is 3.16. The van der Waals surface area contributed by atoms with E-state index in [9.17, 15) is 0 Å². The van der Waals surface area contributed by atoms with E-state index in [0.717, 1.165) is 13.1 Å². The number of aromatic nitrogens is 2. The SMILES string of the molecule is NCCn1cc(CN2CCCC2)cn1. The molecular formula is C10H18N4. The molecule has 0 unspecified atom stereocenters. The van der Waals surface area contributed by atoms with Crippen LogP contribution >= 0.6 is 0 Å². The first-order valence-electron chi connectivity index (χ1n) is 5.32. The van der Waals surface area contributed by atoms with Crippen LogP contribution in [0.15, 0.2) is 12.4 Å². The van der Waals surface area contributed by atoms with Crippen molar-refractivity contribution < 1.29 is 0 Å². The van der Waals surface area contributed by atoms with Crippen LogP contribution in [0.25, 0.3) is 0 Å². The largest absolute Gasteiger partial charge is 0.329 e. The monoisotopic (exact) mass is 194 g/mol. The van der Waals surface area contributed by atoms with Crippen LogP contribution in [-0.4, -0.2) is 34.3 Å². The van der Waals surface area contributed by atoms with E-state index < -0.39 is 0 Å². The number of nitrogens with zero attached hydrogens (tertiary/aromatic N) is 3. The molecule has 2 heterocycles. The number of hydrogen-bond acceptors (Lipinski definition) is 3. The number of hydrogen-bond donors (Lipinski definition) is 1. The minimum absolute atomic E-state index is 0.658. The van der Waals surface area contributed by atoms with E-state index in [0.29, 0.717) is 6.54 Å². The first-order chi connectivity index (χ1) is 6.88. The third-order valence-corrected chi connectivity index (χ3v) is 2.65. The Morgan fingerprint density at radius 3 is 2.86 bits per heavy atom. The lowest BCUT2D eigenvalue weighted by molar-refractivity contribution is 0.331.